The van der Waals surface area contributed by atoms with Crippen LogP contribution in [0.2, 0.25) is 0 Å². The Balaban J connectivity index is 1.73. The zero-order valence-corrected chi connectivity index (χ0v) is 17.6. The summed E-state index contributed by atoms with van der Waals surface area (Å²) in [5.74, 6) is 2.21. The summed E-state index contributed by atoms with van der Waals surface area (Å²) in [5.41, 5.74) is 1.48. The highest BCUT2D eigenvalue weighted by atomic mass is 16.5. The second-order valence-electron chi connectivity index (χ2n) is 7.41. The van der Waals surface area contributed by atoms with Gasteiger partial charge in [-0.15, -0.1) is 10.2 Å². The maximum atomic E-state index is 11.8. The molecule has 1 atom stereocenters. The summed E-state index contributed by atoms with van der Waals surface area (Å²) in [7, 11) is 1.64. The van der Waals surface area contributed by atoms with Crippen LogP contribution in [0.3, 0.4) is 0 Å². The molecule has 0 amide bonds. The number of aliphatic hydroxyl groups is 1. The van der Waals surface area contributed by atoms with Crippen molar-refractivity contribution in [2.75, 3.05) is 7.11 Å². The van der Waals surface area contributed by atoms with Crippen LogP contribution in [0.4, 0.5) is 0 Å². The highest BCUT2D eigenvalue weighted by molar-refractivity contribution is 5.52. The third-order valence-corrected chi connectivity index (χ3v) is 5.27. The summed E-state index contributed by atoms with van der Waals surface area (Å²) in [5, 5.41) is 20.4. The lowest BCUT2D eigenvalue weighted by Crippen LogP contribution is -2.27. The lowest BCUT2D eigenvalue weighted by Gasteiger charge is -2.25. The number of nitrogens with zero attached hydrogens (tertiary/aromatic N) is 3. The molecule has 0 spiro atoms. The maximum Gasteiger partial charge on any atom is 0.141 e. The van der Waals surface area contributed by atoms with Crippen LogP contribution in [-0.4, -0.2) is 27.0 Å². The van der Waals surface area contributed by atoms with Crippen LogP contribution in [0.5, 0.6) is 5.75 Å². The van der Waals surface area contributed by atoms with Gasteiger partial charge >= 0.3 is 0 Å². The van der Waals surface area contributed by atoms with Gasteiger partial charge in [-0.25, -0.2) is 0 Å². The molecule has 156 valence electrons. The van der Waals surface area contributed by atoms with Gasteiger partial charge in [0, 0.05) is 12.1 Å². The van der Waals surface area contributed by atoms with Crippen LogP contribution in [0.1, 0.15) is 22.8 Å². The Labute approximate surface area is 182 Å². The zero-order valence-electron chi connectivity index (χ0n) is 17.6. The zero-order chi connectivity index (χ0) is 21.7. The second kappa shape index (κ2) is 8.98. The van der Waals surface area contributed by atoms with E-state index in [2.05, 4.69) is 10.2 Å². The standard InChI is InChI=1S/C26H25N3O2/c1-20-27-28-25(29(20)23-13-15-24(31-2)16-14-23)19-26(30,22-11-7-4-8-12-22)18-17-21-9-5-3-6-10-21/h3-18,30H,19H2,1-2H3/b18-17+. The van der Waals surface area contributed by atoms with Crippen molar-refractivity contribution >= 4 is 6.08 Å². The maximum absolute atomic E-state index is 11.8. The van der Waals surface area contributed by atoms with Gasteiger partial charge in [0.2, 0.25) is 0 Å². The van der Waals surface area contributed by atoms with Crippen LogP contribution in [0.15, 0.2) is 91.0 Å². The van der Waals surface area contributed by atoms with E-state index in [1.54, 1.807) is 7.11 Å². The summed E-state index contributed by atoms with van der Waals surface area (Å²) in [6.45, 7) is 1.90. The quantitative estimate of drug-likeness (QED) is 0.478. The number of hydrogen-bond donors (Lipinski definition) is 1. The molecule has 3 aromatic carbocycles. The van der Waals surface area contributed by atoms with Crippen molar-refractivity contribution < 1.29 is 9.84 Å². The monoisotopic (exact) mass is 411 g/mol. The van der Waals surface area contributed by atoms with E-state index >= 15 is 0 Å². The van der Waals surface area contributed by atoms with Crippen LogP contribution >= 0.6 is 0 Å². The average Bonchev–Trinajstić information content (AvgIpc) is 3.18. The third kappa shape index (κ3) is 4.57. The average molecular weight is 412 g/mol. The van der Waals surface area contributed by atoms with Crippen LogP contribution in [-0.2, 0) is 12.0 Å². The van der Waals surface area contributed by atoms with Crippen molar-refractivity contribution in [2.45, 2.75) is 18.9 Å². The molecule has 5 heteroatoms. The predicted molar refractivity (Wildman–Crippen MR) is 122 cm³/mol. The summed E-state index contributed by atoms with van der Waals surface area (Å²) < 4.78 is 7.23. The minimum atomic E-state index is -1.25. The number of aromatic nitrogens is 3. The Morgan fingerprint density at radius 3 is 2.19 bits per heavy atom. The van der Waals surface area contributed by atoms with Crippen molar-refractivity contribution in [1.82, 2.24) is 14.8 Å². The fourth-order valence-corrected chi connectivity index (χ4v) is 3.61. The molecule has 1 aromatic heterocycles. The van der Waals surface area contributed by atoms with Crippen molar-refractivity contribution in [3.63, 3.8) is 0 Å². The van der Waals surface area contributed by atoms with E-state index in [0.717, 1.165) is 28.4 Å². The molecule has 4 aromatic rings. The number of hydrogen-bond acceptors (Lipinski definition) is 4. The van der Waals surface area contributed by atoms with Gasteiger partial charge in [-0.05, 0) is 48.4 Å². The van der Waals surface area contributed by atoms with E-state index in [9.17, 15) is 5.11 Å². The number of methoxy groups -OCH3 is 1. The summed E-state index contributed by atoms with van der Waals surface area (Å²) in [6, 6.07) is 27.3. The Morgan fingerprint density at radius 2 is 1.55 bits per heavy atom. The predicted octanol–water partition coefficient (Wildman–Crippen LogP) is 4.73. The van der Waals surface area contributed by atoms with E-state index in [0.29, 0.717) is 5.82 Å². The lowest BCUT2D eigenvalue weighted by atomic mass is 9.89. The van der Waals surface area contributed by atoms with E-state index in [4.69, 9.17) is 4.74 Å². The van der Waals surface area contributed by atoms with Gasteiger partial charge < -0.3 is 9.84 Å². The fourth-order valence-electron chi connectivity index (χ4n) is 3.61. The van der Waals surface area contributed by atoms with Gasteiger partial charge in [0.15, 0.2) is 0 Å². The Hall–Kier alpha value is -3.70. The molecule has 0 aliphatic rings. The Bertz CT molecular complexity index is 1150. The van der Waals surface area contributed by atoms with E-state index in [-0.39, 0.29) is 6.42 Å². The smallest absolute Gasteiger partial charge is 0.141 e. The Kier molecular flexibility index (Phi) is 5.96. The van der Waals surface area contributed by atoms with Crippen molar-refractivity contribution in [3.8, 4) is 11.4 Å². The van der Waals surface area contributed by atoms with Crippen LogP contribution < -0.4 is 4.74 Å². The number of benzene rings is 3. The normalized spacial score (nSPS) is 13.3. The molecular weight excluding hydrogens is 386 g/mol. The van der Waals surface area contributed by atoms with Gasteiger partial charge in [-0.3, -0.25) is 4.57 Å². The molecule has 0 aliphatic carbocycles. The number of ether oxygens (including phenoxy) is 1. The van der Waals surface area contributed by atoms with E-state index < -0.39 is 5.60 Å². The molecule has 4 rings (SSSR count). The van der Waals surface area contributed by atoms with Crippen molar-refractivity contribution in [1.29, 1.82) is 0 Å². The largest absolute Gasteiger partial charge is 0.497 e. The first kappa shape index (κ1) is 20.6. The molecule has 0 bridgehead atoms. The highest BCUT2D eigenvalue weighted by Gasteiger charge is 2.29. The lowest BCUT2D eigenvalue weighted by molar-refractivity contribution is 0.0879. The molecule has 0 saturated carbocycles. The minimum Gasteiger partial charge on any atom is -0.497 e. The first-order chi connectivity index (χ1) is 15.1. The molecule has 0 fully saturated rings. The molecular formula is C26H25N3O2. The molecule has 0 aliphatic heterocycles. The molecule has 1 N–H and O–H groups in total. The number of rotatable bonds is 7. The molecule has 1 heterocycles. The number of aryl methyl sites for hydroxylation is 1. The molecule has 0 radical (unpaired) electrons. The highest BCUT2D eigenvalue weighted by Crippen LogP contribution is 2.29. The molecule has 31 heavy (non-hydrogen) atoms. The first-order valence-electron chi connectivity index (χ1n) is 10.2. The Morgan fingerprint density at radius 1 is 0.903 bits per heavy atom. The van der Waals surface area contributed by atoms with Gasteiger partial charge in [0.05, 0.1) is 7.11 Å². The first-order valence-corrected chi connectivity index (χ1v) is 10.2. The second-order valence-corrected chi connectivity index (χ2v) is 7.41. The summed E-state index contributed by atoms with van der Waals surface area (Å²) in [6.07, 6.45) is 4.04. The van der Waals surface area contributed by atoms with Gasteiger partial charge in [-0.2, -0.15) is 0 Å². The van der Waals surface area contributed by atoms with Crippen molar-refractivity contribution in [2.24, 2.45) is 0 Å². The van der Waals surface area contributed by atoms with E-state index in [1.807, 2.05) is 109 Å². The summed E-state index contributed by atoms with van der Waals surface area (Å²) >= 11 is 0. The van der Waals surface area contributed by atoms with Crippen LogP contribution in [0.25, 0.3) is 11.8 Å². The molecule has 0 saturated heterocycles. The van der Waals surface area contributed by atoms with Gasteiger partial charge in [-0.1, -0.05) is 66.7 Å². The summed E-state index contributed by atoms with van der Waals surface area (Å²) in [4.78, 5) is 0. The fraction of sp³-hybridized carbons (Fsp3) is 0.154. The third-order valence-electron chi connectivity index (χ3n) is 5.27. The molecule has 5 nitrogen and oxygen atoms in total. The van der Waals surface area contributed by atoms with Crippen molar-refractivity contribution in [3.05, 3.63) is 114 Å². The molecule has 1 unspecified atom stereocenters. The van der Waals surface area contributed by atoms with Gasteiger partial charge in [0.1, 0.15) is 23.0 Å². The van der Waals surface area contributed by atoms with Gasteiger partial charge in [0.25, 0.3) is 0 Å². The topological polar surface area (TPSA) is 60.2 Å². The van der Waals surface area contributed by atoms with E-state index in [1.165, 1.54) is 0 Å². The SMILES string of the molecule is COc1ccc(-n2c(C)nnc2CC(O)(/C=C/c2ccccc2)c2ccccc2)cc1. The van der Waals surface area contributed by atoms with Crippen LogP contribution in [0, 0.1) is 6.92 Å². The minimum absolute atomic E-state index is 0.271.